The number of amides is 1. The van der Waals surface area contributed by atoms with E-state index in [1.54, 1.807) is 18.0 Å². The monoisotopic (exact) mass is 542 g/mol. The predicted octanol–water partition coefficient (Wildman–Crippen LogP) is 4.04. The van der Waals surface area contributed by atoms with Crippen molar-refractivity contribution in [3.05, 3.63) is 58.7 Å². The highest BCUT2D eigenvalue weighted by Crippen LogP contribution is 2.66. The third-order valence-electron chi connectivity index (χ3n) is 10.2. The van der Waals surface area contributed by atoms with Crippen LogP contribution in [0.5, 0.6) is 11.5 Å². The molecule has 5 aliphatic rings. The van der Waals surface area contributed by atoms with Gasteiger partial charge in [0, 0.05) is 25.2 Å². The minimum atomic E-state index is -4.48. The van der Waals surface area contributed by atoms with Gasteiger partial charge < -0.3 is 19.8 Å². The van der Waals surface area contributed by atoms with E-state index >= 15 is 0 Å². The molecule has 3 unspecified atom stereocenters. The Labute approximate surface area is 225 Å². The second kappa shape index (κ2) is 8.36. The summed E-state index contributed by atoms with van der Waals surface area (Å²) in [4.78, 5) is 17.5. The Morgan fingerprint density at radius 2 is 1.97 bits per heavy atom. The fourth-order valence-electron chi connectivity index (χ4n) is 8.19. The highest BCUT2D eigenvalue weighted by atomic mass is 19.4. The lowest BCUT2D eigenvalue weighted by molar-refractivity contribution is -0.200. The highest BCUT2D eigenvalue weighted by molar-refractivity contribution is 5.79. The van der Waals surface area contributed by atoms with Crippen LogP contribution in [-0.4, -0.2) is 69.8 Å². The molecule has 2 N–H and O–H groups in total. The molecule has 0 aromatic heterocycles. The Hall–Kier alpha value is -2.78. The van der Waals surface area contributed by atoms with E-state index in [2.05, 4.69) is 4.90 Å². The summed E-state index contributed by atoms with van der Waals surface area (Å²) >= 11 is 0. The molecular weight excluding hydrogens is 509 g/mol. The second-order valence-corrected chi connectivity index (χ2v) is 12.3. The lowest BCUT2D eigenvalue weighted by Crippen LogP contribution is -2.78. The third-order valence-corrected chi connectivity index (χ3v) is 10.2. The maximum atomic E-state index is 13.5. The van der Waals surface area contributed by atoms with Crippen molar-refractivity contribution in [2.24, 2.45) is 5.92 Å². The zero-order valence-corrected chi connectivity index (χ0v) is 21.9. The van der Waals surface area contributed by atoms with Gasteiger partial charge in [0.1, 0.15) is 6.10 Å². The molecule has 2 aromatic rings. The van der Waals surface area contributed by atoms with Crippen molar-refractivity contribution in [3.63, 3.8) is 0 Å². The number of halogens is 3. The summed E-state index contributed by atoms with van der Waals surface area (Å²) in [5.74, 6) is 0.834. The number of alkyl halides is 3. The first kappa shape index (κ1) is 25.2. The van der Waals surface area contributed by atoms with Gasteiger partial charge in [0.25, 0.3) is 0 Å². The number of phenols is 1. The quantitative estimate of drug-likeness (QED) is 0.597. The molecule has 0 radical (unpaired) electrons. The molecule has 1 amide bonds. The van der Waals surface area contributed by atoms with Gasteiger partial charge >= 0.3 is 6.18 Å². The molecule has 3 aliphatic carbocycles. The Bertz CT molecular complexity index is 1340. The van der Waals surface area contributed by atoms with Gasteiger partial charge in [-0.3, -0.25) is 9.69 Å². The number of likely N-dealkylation sites (tertiary alicyclic amines) is 1. The van der Waals surface area contributed by atoms with Gasteiger partial charge in [0.05, 0.1) is 29.0 Å². The maximum absolute atomic E-state index is 13.5. The van der Waals surface area contributed by atoms with E-state index in [-0.39, 0.29) is 24.1 Å². The van der Waals surface area contributed by atoms with Crippen molar-refractivity contribution in [2.45, 2.75) is 80.3 Å². The van der Waals surface area contributed by atoms with Gasteiger partial charge in [-0.2, -0.15) is 13.2 Å². The number of likely N-dealkylation sites (N-methyl/N-ethyl adjacent to an activating group) is 1. The van der Waals surface area contributed by atoms with Crippen LogP contribution in [0, 0.1) is 5.92 Å². The van der Waals surface area contributed by atoms with Crippen LogP contribution in [-0.2, 0) is 29.2 Å². The second-order valence-electron chi connectivity index (χ2n) is 12.3. The first-order valence-electron chi connectivity index (χ1n) is 13.9. The van der Waals surface area contributed by atoms with Gasteiger partial charge in [-0.25, -0.2) is 0 Å². The van der Waals surface area contributed by atoms with Gasteiger partial charge in [0.15, 0.2) is 11.5 Å². The van der Waals surface area contributed by atoms with Crippen molar-refractivity contribution in [3.8, 4) is 11.5 Å². The summed E-state index contributed by atoms with van der Waals surface area (Å²) in [5, 5.41) is 23.4. The summed E-state index contributed by atoms with van der Waals surface area (Å²) in [6.45, 7) is 1.79. The predicted molar refractivity (Wildman–Crippen MR) is 136 cm³/mol. The number of carbonyl (C=O) groups is 1. The molecule has 208 valence electrons. The lowest BCUT2D eigenvalue weighted by atomic mass is 9.48. The number of benzene rings is 2. The summed E-state index contributed by atoms with van der Waals surface area (Å²) in [7, 11) is 1.68. The van der Waals surface area contributed by atoms with E-state index in [0.29, 0.717) is 42.9 Å². The fraction of sp³-hybridized carbons (Fsp3) is 0.567. The van der Waals surface area contributed by atoms with E-state index in [4.69, 9.17) is 4.74 Å². The minimum absolute atomic E-state index is 0.0374. The van der Waals surface area contributed by atoms with Crippen molar-refractivity contribution in [2.75, 3.05) is 20.1 Å². The first-order chi connectivity index (χ1) is 18.5. The van der Waals surface area contributed by atoms with Crippen molar-refractivity contribution in [1.29, 1.82) is 0 Å². The molecule has 3 fully saturated rings. The molecule has 2 aromatic carbocycles. The molecule has 6 nitrogen and oxygen atoms in total. The molecule has 2 bridgehead atoms. The van der Waals surface area contributed by atoms with Crippen LogP contribution < -0.4 is 4.74 Å². The van der Waals surface area contributed by atoms with E-state index in [1.165, 1.54) is 25.0 Å². The number of carbonyl (C=O) groups excluding carboxylic acids is 1. The molecule has 2 saturated carbocycles. The normalized spacial score (nSPS) is 32.9. The van der Waals surface area contributed by atoms with Crippen LogP contribution in [0.2, 0.25) is 0 Å². The Morgan fingerprint density at radius 1 is 1.18 bits per heavy atom. The van der Waals surface area contributed by atoms with Gasteiger partial charge in [-0.05, 0) is 74.2 Å². The van der Waals surface area contributed by atoms with Crippen LogP contribution in [0.4, 0.5) is 13.2 Å². The van der Waals surface area contributed by atoms with Crippen LogP contribution in [0.25, 0.3) is 0 Å². The summed E-state index contributed by atoms with van der Waals surface area (Å²) in [6, 6.07) is 8.03. The van der Waals surface area contributed by atoms with Gasteiger partial charge in [-0.15, -0.1) is 0 Å². The summed E-state index contributed by atoms with van der Waals surface area (Å²) in [6.07, 6.45) is -0.396. The maximum Gasteiger partial charge on any atom is 0.416 e. The summed E-state index contributed by atoms with van der Waals surface area (Å²) in [5.41, 5.74) is -0.319. The van der Waals surface area contributed by atoms with Crippen molar-refractivity contribution in [1.82, 2.24) is 9.80 Å². The summed E-state index contributed by atoms with van der Waals surface area (Å²) < 4.78 is 46.2. The largest absolute Gasteiger partial charge is 0.504 e. The number of phenolic OH excluding ortho intramolecular Hbond substituents is 1. The number of aliphatic hydroxyl groups is 1. The van der Waals surface area contributed by atoms with Crippen molar-refractivity contribution >= 4 is 5.91 Å². The van der Waals surface area contributed by atoms with Crippen LogP contribution in [0.15, 0.2) is 36.4 Å². The van der Waals surface area contributed by atoms with Gasteiger partial charge in [-0.1, -0.05) is 24.3 Å². The Balaban J connectivity index is 1.22. The zero-order chi connectivity index (χ0) is 27.3. The third kappa shape index (κ3) is 3.58. The van der Waals surface area contributed by atoms with E-state index in [1.807, 2.05) is 6.07 Å². The topological polar surface area (TPSA) is 73.2 Å². The number of ether oxygens (including phenoxy) is 1. The molecule has 1 saturated heterocycles. The first-order valence-corrected chi connectivity index (χ1v) is 13.9. The standard InChI is InChI=1S/C30H33F3N2O4/c1-34(24(37)14-18-3-2-4-20(13-18)30(31,32)33)21-9-10-29(38)23-15-19-7-8-22(36)26-25(19)28(29,27(21)39-26)11-12-35(23)16-17-5-6-17/h2-4,7-8,13,17,21,23,27,36,38H,5-6,9-12,14-16H2,1H3/t21?,23-,27?,28+,29?/m1/s1. The minimum Gasteiger partial charge on any atom is -0.504 e. The number of hydrogen-bond donors (Lipinski definition) is 2. The molecule has 1 spiro atoms. The zero-order valence-electron chi connectivity index (χ0n) is 21.9. The number of rotatable bonds is 5. The lowest BCUT2D eigenvalue weighted by Gasteiger charge is -2.64. The number of aromatic hydroxyl groups is 1. The molecule has 2 heterocycles. The molecular formula is C30H33F3N2O4. The highest BCUT2D eigenvalue weighted by Gasteiger charge is 2.73. The Morgan fingerprint density at radius 3 is 2.72 bits per heavy atom. The van der Waals surface area contributed by atoms with Crippen LogP contribution in [0.1, 0.15) is 54.4 Å². The molecule has 5 atom stereocenters. The number of nitrogens with zero attached hydrogens (tertiary/aromatic N) is 2. The average molecular weight is 543 g/mol. The van der Waals surface area contributed by atoms with E-state index in [0.717, 1.165) is 36.3 Å². The van der Waals surface area contributed by atoms with E-state index < -0.39 is 34.9 Å². The molecule has 7 rings (SSSR count). The smallest absolute Gasteiger partial charge is 0.416 e. The number of piperidine rings is 1. The van der Waals surface area contributed by atoms with Gasteiger partial charge in [0.2, 0.25) is 5.91 Å². The Kier molecular flexibility index (Phi) is 5.41. The molecule has 9 heteroatoms. The number of hydrogen-bond acceptors (Lipinski definition) is 5. The van der Waals surface area contributed by atoms with Crippen LogP contribution >= 0.6 is 0 Å². The average Bonchev–Trinajstić information content (AvgIpc) is 3.63. The molecule has 39 heavy (non-hydrogen) atoms. The fourth-order valence-corrected chi connectivity index (χ4v) is 8.19. The van der Waals surface area contributed by atoms with Crippen LogP contribution in [0.3, 0.4) is 0 Å². The SMILES string of the molecule is CN(C(=O)Cc1cccc(C(F)(F)F)c1)C1CCC2(O)[C@H]3Cc4ccc(O)c5c4[C@@]2(CCN3CC2CC2)C1O5. The van der Waals surface area contributed by atoms with E-state index in [9.17, 15) is 28.2 Å². The van der Waals surface area contributed by atoms with Crippen molar-refractivity contribution < 1.29 is 32.9 Å². The molecule has 2 aliphatic heterocycles.